The van der Waals surface area contributed by atoms with Gasteiger partial charge in [0.15, 0.2) is 0 Å². The fourth-order valence-corrected chi connectivity index (χ4v) is 2.02. The van der Waals surface area contributed by atoms with Crippen molar-refractivity contribution in [2.24, 2.45) is 0 Å². The Morgan fingerprint density at radius 3 is 2.39 bits per heavy atom. The van der Waals surface area contributed by atoms with Crippen LogP contribution in [-0.2, 0) is 6.18 Å². The molecule has 18 heavy (non-hydrogen) atoms. The van der Waals surface area contributed by atoms with Crippen molar-refractivity contribution < 1.29 is 13.2 Å². The monoisotopic (exact) mass is 260 g/mol. The van der Waals surface area contributed by atoms with Gasteiger partial charge in [-0.1, -0.05) is 32.8 Å². The zero-order chi connectivity index (χ0) is 13.8. The molecule has 0 bridgehead atoms. The van der Waals surface area contributed by atoms with Gasteiger partial charge in [-0.25, -0.2) is 4.98 Å². The minimum Gasteiger partial charge on any atom is -0.383 e. The van der Waals surface area contributed by atoms with Gasteiger partial charge in [0.05, 0.1) is 0 Å². The fourth-order valence-electron chi connectivity index (χ4n) is 2.02. The third kappa shape index (κ3) is 3.62. The average Bonchev–Trinajstić information content (AvgIpc) is 2.30. The van der Waals surface area contributed by atoms with Gasteiger partial charge in [-0.2, -0.15) is 13.2 Å². The Bertz CT molecular complexity index is 388. The van der Waals surface area contributed by atoms with Crippen LogP contribution in [0.1, 0.15) is 56.7 Å². The van der Waals surface area contributed by atoms with Gasteiger partial charge in [-0.3, -0.25) is 0 Å². The quantitative estimate of drug-likeness (QED) is 0.854. The van der Waals surface area contributed by atoms with Crippen LogP contribution < -0.4 is 5.73 Å². The predicted molar refractivity (Wildman–Crippen MR) is 66.2 cm³/mol. The van der Waals surface area contributed by atoms with Crippen molar-refractivity contribution in [2.45, 2.75) is 51.6 Å². The van der Waals surface area contributed by atoms with E-state index < -0.39 is 11.9 Å². The number of nitrogen functional groups attached to an aromatic ring is 1. The highest BCUT2D eigenvalue weighted by molar-refractivity contribution is 5.43. The highest BCUT2D eigenvalue weighted by Gasteiger charge is 2.33. The van der Waals surface area contributed by atoms with E-state index in [4.69, 9.17) is 5.73 Å². The maximum absolute atomic E-state index is 12.5. The maximum Gasteiger partial charge on any atom is 0.433 e. The summed E-state index contributed by atoms with van der Waals surface area (Å²) < 4.78 is 37.4. The lowest BCUT2D eigenvalue weighted by Gasteiger charge is -2.17. The first kappa shape index (κ1) is 14.8. The van der Waals surface area contributed by atoms with E-state index in [1.807, 2.05) is 6.92 Å². The number of nitrogens with two attached hydrogens (primary N) is 1. The number of unbranched alkanes of at least 4 members (excludes halogenated alkanes) is 1. The Kier molecular flexibility index (Phi) is 4.99. The number of anilines is 1. The van der Waals surface area contributed by atoms with Crippen molar-refractivity contribution in [1.82, 2.24) is 4.98 Å². The Balaban J connectivity index is 2.96. The predicted octanol–water partition coefficient (Wildman–Crippen LogP) is 4.37. The first-order valence-corrected chi connectivity index (χ1v) is 6.23. The summed E-state index contributed by atoms with van der Waals surface area (Å²) in [5.74, 6) is 0.201. The molecule has 1 rings (SSSR count). The first-order chi connectivity index (χ1) is 8.40. The number of alkyl halides is 3. The van der Waals surface area contributed by atoms with E-state index in [-0.39, 0.29) is 11.7 Å². The molecule has 0 fully saturated rings. The van der Waals surface area contributed by atoms with Crippen LogP contribution in [-0.4, -0.2) is 4.98 Å². The van der Waals surface area contributed by atoms with Crippen LogP contribution in [0.15, 0.2) is 12.1 Å². The van der Waals surface area contributed by atoms with Crippen LogP contribution in [0.25, 0.3) is 0 Å². The molecule has 0 aromatic carbocycles. The largest absolute Gasteiger partial charge is 0.433 e. The zero-order valence-electron chi connectivity index (χ0n) is 10.7. The molecular weight excluding hydrogens is 241 g/mol. The summed E-state index contributed by atoms with van der Waals surface area (Å²) in [7, 11) is 0. The molecule has 0 saturated carbocycles. The second kappa shape index (κ2) is 6.07. The molecule has 1 aromatic heterocycles. The highest BCUT2D eigenvalue weighted by Crippen LogP contribution is 2.33. The van der Waals surface area contributed by atoms with Gasteiger partial charge < -0.3 is 5.73 Å². The summed E-state index contributed by atoms with van der Waals surface area (Å²) in [5.41, 5.74) is 5.47. The molecule has 0 spiro atoms. The molecule has 1 unspecified atom stereocenters. The van der Waals surface area contributed by atoms with E-state index in [0.29, 0.717) is 0 Å². The molecule has 0 aliphatic heterocycles. The Labute approximate surface area is 105 Å². The van der Waals surface area contributed by atoms with Crippen molar-refractivity contribution >= 4 is 5.82 Å². The van der Waals surface area contributed by atoms with Crippen LogP contribution in [0.3, 0.4) is 0 Å². The van der Waals surface area contributed by atoms with E-state index in [0.717, 1.165) is 37.3 Å². The van der Waals surface area contributed by atoms with Crippen LogP contribution >= 0.6 is 0 Å². The summed E-state index contributed by atoms with van der Waals surface area (Å²) in [6.45, 7) is 4.10. The third-order valence-corrected chi connectivity index (χ3v) is 3.09. The summed E-state index contributed by atoms with van der Waals surface area (Å²) in [5, 5.41) is 0. The van der Waals surface area contributed by atoms with Crippen molar-refractivity contribution in [3.05, 3.63) is 23.4 Å². The number of hydrogen-bond donors (Lipinski definition) is 1. The minimum atomic E-state index is -4.43. The molecule has 0 aliphatic rings. The smallest absolute Gasteiger partial charge is 0.383 e. The van der Waals surface area contributed by atoms with E-state index in [1.165, 1.54) is 6.07 Å². The van der Waals surface area contributed by atoms with Gasteiger partial charge in [0.1, 0.15) is 11.5 Å². The number of rotatable bonds is 5. The van der Waals surface area contributed by atoms with E-state index in [1.54, 1.807) is 0 Å². The highest BCUT2D eigenvalue weighted by atomic mass is 19.4. The van der Waals surface area contributed by atoms with E-state index in [9.17, 15) is 13.2 Å². The van der Waals surface area contributed by atoms with Crippen molar-refractivity contribution in [3.63, 3.8) is 0 Å². The third-order valence-electron chi connectivity index (χ3n) is 3.09. The average molecular weight is 260 g/mol. The van der Waals surface area contributed by atoms with Crippen molar-refractivity contribution in [1.29, 1.82) is 0 Å². The standard InChI is InChI=1S/C13H19F3N2/c1-3-5-6-9(4-2)10-7-8-11(13(14,15)16)18-12(10)17/h7-9H,3-6H2,1-2H3,(H2,17,18). The summed E-state index contributed by atoms with van der Waals surface area (Å²) in [6.07, 6.45) is -0.539. The van der Waals surface area contributed by atoms with Gasteiger partial charge in [0, 0.05) is 0 Å². The number of aromatic nitrogens is 1. The molecule has 0 amide bonds. The molecule has 5 heteroatoms. The lowest BCUT2D eigenvalue weighted by atomic mass is 9.91. The number of pyridine rings is 1. The van der Waals surface area contributed by atoms with Crippen LogP contribution in [0.2, 0.25) is 0 Å². The van der Waals surface area contributed by atoms with Crippen LogP contribution in [0.5, 0.6) is 0 Å². The van der Waals surface area contributed by atoms with Crippen molar-refractivity contribution in [3.8, 4) is 0 Å². The Morgan fingerprint density at radius 1 is 1.28 bits per heavy atom. The van der Waals surface area contributed by atoms with Crippen LogP contribution in [0, 0.1) is 0 Å². The molecule has 0 saturated heterocycles. The first-order valence-electron chi connectivity index (χ1n) is 6.23. The number of hydrogen-bond acceptors (Lipinski definition) is 2. The topological polar surface area (TPSA) is 38.9 Å². The second-order valence-corrected chi connectivity index (χ2v) is 4.42. The Morgan fingerprint density at radius 2 is 1.94 bits per heavy atom. The second-order valence-electron chi connectivity index (χ2n) is 4.42. The molecule has 2 N–H and O–H groups in total. The summed E-state index contributed by atoms with van der Waals surface area (Å²) in [6, 6.07) is 2.48. The van der Waals surface area contributed by atoms with Gasteiger partial charge >= 0.3 is 6.18 Å². The van der Waals surface area contributed by atoms with Crippen LogP contribution in [0.4, 0.5) is 19.0 Å². The molecular formula is C13H19F3N2. The summed E-state index contributed by atoms with van der Waals surface area (Å²) >= 11 is 0. The molecule has 0 radical (unpaired) electrons. The van der Waals surface area contributed by atoms with Gasteiger partial charge in [-0.15, -0.1) is 0 Å². The molecule has 1 aromatic rings. The number of halogens is 3. The minimum absolute atomic E-state index is 0.00720. The molecule has 102 valence electrons. The molecule has 1 atom stereocenters. The maximum atomic E-state index is 12.5. The van der Waals surface area contributed by atoms with Gasteiger partial charge in [0.25, 0.3) is 0 Å². The lowest BCUT2D eigenvalue weighted by Crippen LogP contribution is -2.12. The molecule has 2 nitrogen and oxygen atoms in total. The van der Waals surface area contributed by atoms with E-state index in [2.05, 4.69) is 11.9 Å². The van der Waals surface area contributed by atoms with Crippen molar-refractivity contribution in [2.75, 3.05) is 5.73 Å². The van der Waals surface area contributed by atoms with E-state index >= 15 is 0 Å². The normalized spacial score (nSPS) is 13.6. The van der Waals surface area contributed by atoms with Gasteiger partial charge in [0.2, 0.25) is 0 Å². The molecule has 1 heterocycles. The summed E-state index contributed by atoms with van der Waals surface area (Å²) in [4.78, 5) is 3.47. The fraction of sp³-hybridized carbons (Fsp3) is 0.615. The Hall–Kier alpha value is -1.26. The molecule has 0 aliphatic carbocycles. The van der Waals surface area contributed by atoms with Gasteiger partial charge in [-0.05, 0) is 30.4 Å². The lowest BCUT2D eigenvalue weighted by molar-refractivity contribution is -0.141. The number of nitrogens with zero attached hydrogens (tertiary/aromatic N) is 1. The SMILES string of the molecule is CCCCC(CC)c1ccc(C(F)(F)F)nc1N. The zero-order valence-corrected chi connectivity index (χ0v) is 10.7.